The molecule has 8 heteroatoms. The maximum Gasteiger partial charge on any atom is 0.194 e. The third-order valence-electron chi connectivity index (χ3n) is 2.51. The summed E-state index contributed by atoms with van der Waals surface area (Å²) in [5.74, 6) is 0.799. The maximum atomic E-state index is 5.92. The van der Waals surface area contributed by atoms with E-state index in [0.29, 0.717) is 6.54 Å². The van der Waals surface area contributed by atoms with Crippen LogP contribution in [0.25, 0.3) is 0 Å². The van der Waals surface area contributed by atoms with Crippen molar-refractivity contribution in [1.82, 2.24) is 15.4 Å². The number of hydrogen-bond acceptors (Lipinski definition) is 4. The number of thiophene rings is 1. The summed E-state index contributed by atoms with van der Waals surface area (Å²) in [6.07, 6.45) is 1.55. The number of aromatic nitrogens is 1. The average Bonchev–Trinajstić information content (AvgIpc) is 3.02. The van der Waals surface area contributed by atoms with Crippen LogP contribution >= 0.6 is 46.9 Å². The minimum Gasteiger partial charge on any atom is -0.364 e. The van der Waals surface area contributed by atoms with Crippen LogP contribution in [0.2, 0.25) is 4.34 Å². The lowest BCUT2D eigenvalue weighted by molar-refractivity contribution is 0.409. The van der Waals surface area contributed by atoms with Gasteiger partial charge < -0.3 is 14.7 Å². The van der Waals surface area contributed by atoms with Crippen molar-refractivity contribution in [3.05, 3.63) is 39.4 Å². The quantitative estimate of drug-likeness (QED) is 0.463. The van der Waals surface area contributed by atoms with E-state index in [1.54, 1.807) is 24.6 Å². The van der Waals surface area contributed by atoms with Crippen LogP contribution in [0, 0.1) is 0 Å². The third kappa shape index (κ3) is 4.95. The number of nitrogens with one attached hydrogen (secondary N) is 1. The van der Waals surface area contributed by atoms with Crippen molar-refractivity contribution in [3.63, 3.8) is 0 Å². The molecule has 0 atom stereocenters. The van der Waals surface area contributed by atoms with Crippen molar-refractivity contribution in [2.24, 2.45) is 4.99 Å². The van der Waals surface area contributed by atoms with Gasteiger partial charge in [-0.05, 0) is 12.1 Å². The first kappa shape index (κ1) is 17.3. The molecule has 2 rings (SSSR count). The second-order valence-corrected chi connectivity index (χ2v) is 5.75. The SMILES string of the molecule is CN=C(NCc1ccon1)N(C)Cc1ccc(Cl)s1.I. The van der Waals surface area contributed by atoms with Crippen LogP contribution < -0.4 is 5.32 Å². The number of halogens is 2. The van der Waals surface area contributed by atoms with E-state index in [0.717, 1.165) is 22.5 Å². The highest BCUT2D eigenvalue weighted by atomic mass is 127. The first-order valence-electron chi connectivity index (χ1n) is 5.74. The third-order valence-corrected chi connectivity index (χ3v) is 3.73. The molecule has 0 amide bonds. The standard InChI is InChI=1S/C12H15ClN4OS.HI/c1-14-12(15-7-9-5-6-18-16-9)17(2)8-10-3-4-11(13)19-10;/h3-6H,7-8H2,1-2H3,(H,14,15);1H. The van der Waals surface area contributed by atoms with Gasteiger partial charge in [-0.1, -0.05) is 16.8 Å². The zero-order chi connectivity index (χ0) is 13.7. The Morgan fingerprint density at radius 1 is 1.50 bits per heavy atom. The van der Waals surface area contributed by atoms with E-state index in [1.165, 1.54) is 4.88 Å². The van der Waals surface area contributed by atoms with Crippen LogP contribution in [0.5, 0.6) is 0 Å². The molecule has 0 aliphatic carbocycles. The van der Waals surface area contributed by atoms with E-state index in [1.807, 2.05) is 30.1 Å². The summed E-state index contributed by atoms with van der Waals surface area (Å²) in [6, 6.07) is 5.74. The highest BCUT2D eigenvalue weighted by Crippen LogP contribution is 2.22. The molecule has 20 heavy (non-hydrogen) atoms. The Hall–Kier alpha value is -0.800. The smallest absolute Gasteiger partial charge is 0.194 e. The molecule has 5 nitrogen and oxygen atoms in total. The Kier molecular flexibility index (Phi) is 7.31. The monoisotopic (exact) mass is 426 g/mol. The van der Waals surface area contributed by atoms with Crippen molar-refractivity contribution in [3.8, 4) is 0 Å². The van der Waals surface area contributed by atoms with Crippen LogP contribution in [0.3, 0.4) is 0 Å². The van der Waals surface area contributed by atoms with E-state index in [2.05, 4.69) is 15.5 Å². The van der Waals surface area contributed by atoms with Crippen molar-refractivity contribution < 1.29 is 4.52 Å². The summed E-state index contributed by atoms with van der Waals surface area (Å²) in [6.45, 7) is 1.34. The molecule has 1 N–H and O–H groups in total. The lowest BCUT2D eigenvalue weighted by atomic mass is 10.4. The molecule has 0 spiro atoms. The van der Waals surface area contributed by atoms with Gasteiger partial charge >= 0.3 is 0 Å². The van der Waals surface area contributed by atoms with E-state index in [4.69, 9.17) is 16.1 Å². The highest BCUT2D eigenvalue weighted by molar-refractivity contribution is 14.0. The predicted octanol–water partition coefficient (Wildman–Crippen LogP) is 3.21. The van der Waals surface area contributed by atoms with Crippen LogP contribution in [-0.2, 0) is 13.1 Å². The average molecular weight is 427 g/mol. The lowest BCUT2D eigenvalue weighted by Gasteiger charge is -2.20. The van der Waals surface area contributed by atoms with Gasteiger partial charge in [-0.25, -0.2) is 0 Å². The molecule has 0 saturated heterocycles. The number of aliphatic imine (C=N–C) groups is 1. The number of guanidine groups is 1. The Morgan fingerprint density at radius 3 is 2.85 bits per heavy atom. The highest BCUT2D eigenvalue weighted by Gasteiger charge is 2.08. The van der Waals surface area contributed by atoms with Gasteiger partial charge in [-0.2, -0.15) is 0 Å². The zero-order valence-electron chi connectivity index (χ0n) is 11.2. The summed E-state index contributed by atoms with van der Waals surface area (Å²) in [5.41, 5.74) is 0.841. The van der Waals surface area contributed by atoms with Gasteiger partial charge in [0.1, 0.15) is 12.0 Å². The van der Waals surface area contributed by atoms with Crippen LogP contribution in [0.1, 0.15) is 10.6 Å². The van der Waals surface area contributed by atoms with Gasteiger partial charge in [0, 0.05) is 25.0 Å². The topological polar surface area (TPSA) is 53.7 Å². The predicted molar refractivity (Wildman–Crippen MR) is 92.9 cm³/mol. The summed E-state index contributed by atoms with van der Waals surface area (Å²) >= 11 is 7.49. The molecule has 2 aromatic heterocycles. The van der Waals surface area contributed by atoms with Crippen LogP contribution in [0.15, 0.2) is 34.0 Å². The normalized spacial score (nSPS) is 11.1. The largest absolute Gasteiger partial charge is 0.364 e. The van der Waals surface area contributed by atoms with E-state index in [9.17, 15) is 0 Å². The van der Waals surface area contributed by atoms with Crippen molar-refractivity contribution in [1.29, 1.82) is 0 Å². The van der Waals surface area contributed by atoms with E-state index in [-0.39, 0.29) is 24.0 Å². The van der Waals surface area contributed by atoms with Gasteiger partial charge in [0.25, 0.3) is 0 Å². The minimum atomic E-state index is 0. The van der Waals surface area contributed by atoms with Gasteiger partial charge in [0.05, 0.1) is 17.4 Å². The number of nitrogens with zero attached hydrogens (tertiary/aromatic N) is 3. The van der Waals surface area contributed by atoms with Crippen LogP contribution in [-0.4, -0.2) is 30.1 Å². The molecule has 0 saturated carbocycles. The molecule has 0 aliphatic rings. The number of hydrogen-bond donors (Lipinski definition) is 1. The molecule has 0 aliphatic heterocycles. The molecule has 0 unspecified atom stereocenters. The molecule has 110 valence electrons. The van der Waals surface area contributed by atoms with Gasteiger partial charge in [0.15, 0.2) is 5.96 Å². The maximum absolute atomic E-state index is 5.92. The summed E-state index contributed by atoms with van der Waals surface area (Å²) < 4.78 is 5.58. The summed E-state index contributed by atoms with van der Waals surface area (Å²) in [7, 11) is 3.73. The van der Waals surface area contributed by atoms with Gasteiger partial charge in [-0.15, -0.1) is 35.3 Å². The lowest BCUT2D eigenvalue weighted by Crippen LogP contribution is -2.37. The zero-order valence-corrected chi connectivity index (χ0v) is 15.1. The first-order chi connectivity index (χ1) is 9.19. The molecule has 0 bridgehead atoms. The second-order valence-electron chi connectivity index (χ2n) is 3.95. The molecule has 2 aromatic rings. The Bertz CT molecular complexity index is 543. The number of rotatable bonds is 4. The van der Waals surface area contributed by atoms with Crippen molar-refractivity contribution in [2.75, 3.05) is 14.1 Å². The fourth-order valence-corrected chi connectivity index (χ4v) is 2.77. The Morgan fingerprint density at radius 2 is 2.30 bits per heavy atom. The fraction of sp³-hybridized carbons (Fsp3) is 0.333. The van der Waals surface area contributed by atoms with Gasteiger partial charge in [-0.3, -0.25) is 4.99 Å². The summed E-state index contributed by atoms with van der Waals surface area (Å²) in [5, 5.41) is 7.07. The molecule has 0 radical (unpaired) electrons. The fourth-order valence-electron chi connectivity index (χ4n) is 1.63. The van der Waals surface area contributed by atoms with Crippen molar-refractivity contribution in [2.45, 2.75) is 13.1 Å². The van der Waals surface area contributed by atoms with Crippen LogP contribution in [0.4, 0.5) is 0 Å². The molecule has 0 aromatic carbocycles. The molecular weight excluding hydrogens is 411 g/mol. The second kappa shape index (κ2) is 8.48. The van der Waals surface area contributed by atoms with Crippen molar-refractivity contribution >= 4 is 52.9 Å². The Balaban J connectivity index is 0.00000200. The minimum absolute atomic E-state index is 0. The van der Waals surface area contributed by atoms with Gasteiger partial charge in [0.2, 0.25) is 0 Å². The Labute approximate surface area is 144 Å². The molecule has 0 fully saturated rings. The molecular formula is C12H16ClIN4OS. The summed E-state index contributed by atoms with van der Waals surface area (Å²) in [4.78, 5) is 7.46. The van der Waals surface area contributed by atoms with E-state index >= 15 is 0 Å². The first-order valence-corrected chi connectivity index (χ1v) is 6.93. The van der Waals surface area contributed by atoms with E-state index < -0.39 is 0 Å². The molecule has 2 heterocycles.